The number of benzene rings is 3. The maximum Gasteiger partial charge on any atom is 0.216 e. The third-order valence-corrected chi connectivity index (χ3v) is 5.93. The highest BCUT2D eigenvalue weighted by atomic mass is 32.2. The minimum Gasteiger partial charge on any atom is -0.493 e. The molecule has 7 heteroatoms. The first kappa shape index (κ1) is 21.1. The summed E-state index contributed by atoms with van der Waals surface area (Å²) in [5, 5.41) is 9.43. The SMILES string of the molecule is COc1ccc(C=C(C#N)S(=O)(=O)c2ccc(F)cc2)cc1OCc1ccccc1. The van der Waals surface area contributed by atoms with Crippen molar-refractivity contribution in [2.75, 3.05) is 7.11 Å². The molecule has 3 aromatic carbocycles. The Morgan fingerprint density at radius 2 is 1.73 bits per heavy atom. The Bertz CT molecular complexity index is 1200. The Hall–Kier alpha value is -3.63. The Balaban J connectivity index is 1.92. The van der Waals surface area contributed by atoms with E-state index in [1.165, 1.54) is 13.2 Å². The van der Waals surface area contributed by atoms with Crippen molar-refractivity contribution >= 4 is 15.9 Å². The van der Waals surface area contributed by atoms with Gasteiger partial charge in [-0.15, -0.1) is 0 Å². The van der Waals surface area contributed by atoms with Gasteiger partial charge in [-0.25, -0.2) is 12.8 Å². The van der Waals surface area contributed by atoms with Gasteiger partial charge in [-0.05, 0) is 53.6 Å². The number of nitrogens with zero attached hydrogens (tertiary/aromatic N) is 1. The van der Waals surface area contributed by atoms with Crippen LogP contribution in [0.15, 0.2) is 82.6 Å². The lowest BCUT2D eigenvalue weighted by atomic mass is 10.2. The van der Waals surface area contributed by atoms with Gasteiger partial charge in [0, 0.05) is 0 Å². The summed E-state index contributed by atoms with van der Waals surface area (Å²) in [5.74, 6) is 0.321. The third kappa shape index (κ3) is 4.85. The van der Waals surface area contributed by atoms with Gasteiger partial charge in [0.05, 0.1) is 12.0 Å². The minimum absolute atomic E-state index is 0.161. The lowest BCUT2D eigenvalue weighted by Crippen LogP contribution is -2.04. The molecule has 0 fully saturated rings. The first-order valence-corrected chi connectivity index (χ1v) is 10.4. The molecule has 152 valence electrons. The zero-order valence-electron chi connectivity index (χ0n) is 16.1. The molecule has 0 N–H and O–H groups in total. The molecule has 0 aromatic heterocycles. The molecule has 0 radical (unpaired) electrons. The van der Waals surface area contributed by atoms with Crippen LogP contribution < -0.4 is 9.47 Å². The highest BCUT2D eigenvalue weighted by Crippen LogP contribution is 2.30. The molecule has 3 aromatic rings. The largest absolute Gasteiger partial charge is 0.493 e. The van der Waals surface area contributed by atoms with Gasteiger partial charge in [0.25, 0.3) is 0 Å². The standard InChI is InChI=1S/C23H18FNO4S/c1-28-22-12-7-18(14-23(22)29-16-17-5-3-2-4-6-17)13-21(15-25)30(26,27)20-10-8-19(24)9-11-20/h2-14H,16H2,1H3. The van der Waals surface area contributed by atoms with E-state index in [9.17, 15) is 18.1 Å². The number of methoxy groups -OCH3 is 1. The van der Waals surface area contributed by atoms with Crippen LogP contribution in [0.4, 0.5) is 4.39 Å². The summed E-state index contributed by atoms with van der Waals surface area (Å²) in [6.45, 7) is 0.295. The van der Waals surface area contributed by atoms with Crippen molar-refractivity contribution in [3.63, 3.8) is 0 Å². The Labute approximate surface area is 174 Å². The molecule has 30 heavy (non-hydrogen) atoms. The van der Waals surface area contributed by atoms with E-state index in [0.717, 1.165) is 29.8 Å². The van der Waals surface area contributed by atoms with Gasteiger partial charge >= 0.3 is 0 Å². The molecule has 3 rings (SSSR count). The summed E-state index contributed by atoms with van der Waals surface area (Å²) in [6, 6.07) is 20.4. The summed E-state index contributed by atoms with van der Waals surface area (Å²) >= 11 is 0. The van der Waals surface area contributed by atoms with E-state index in [1.807, 2.05) is 30.3 Å². The number of allylic oxidation sites excluding steroid dienone is 1. The highest BCUT2D eigenvalue weighted by Gasteiger charge is 2.21. The van der Waals surface area contributed by atoms with Crippen LogP contribution in [0.5, 0.6) is 11.5 Å². The van der Waals surface area contributed by atoms with Gasteiger partial charge in [0.1, 0.15) is 23.4 Å². The molecule has 0 aliphatic heterocycles. The molecule has 0 aliphatic rings. The first-order chi connectivity index (χ1) is 14.4. The van der Waals surface area contributed by atoms with Crippen LogP contribution in [0.2, 0.25) is 0 Å². The van der Waals surface area contributed by atoms with Crippen molar-refractivity contribution in [3.8, 4) is 17.6 Å². The van der Waals surface area contributed by atoms with Gasteiger partial charge in [0.2, 0.25) is 9.84 Å². The molecular weight excluding hydrogens is 405 g/mol. The van der Waals surface area contributed by atoms with Gasteiger partial charge in [-0.1, -0.05) is 36.4 Å². The zero-order valence-corrected chi connectivity index (χ0v) is 16.9. The lowest BCUT2D eigenvalue weighted by Gasteiger charge is -2.12. The van der Waals surface area contributed by atoms with Crippen LogP contribution in [0, 0.1) is 17.1 Å². The number of nitriles is 1. The fourth-order valence-corrected chi connectivity index (χ4v) is 3.85. The number of ether oxygens (including phenoxy) is 2. The number of hydrogen-bond donors (Lipinski definition) is 0. The van der Waals surface area contributed by atoms with Crippen molar-refractivity contribution in [1.29, 1.82) is 5.26 Å². The second-order valence-corrected chi connectivity index (χ2v) is 8.18. The van der Waals surface area contributed by atoms with Crippen LogP contribution in [-0.2, 0) is 16.4 Å². The summed E-state index contributed by atoms with van der Waals surface area (Å²) < 4.78 is 49.7. The predicted octanol–water partition coefficient (Wildman–Crippen LogP) is 4.75. The van der Waals surface area contributed by atoms with E-state index in [4.69, 9.17) is 9.47 Å². The number of hydrogen-bond acceptors (Lipinski definition) is 5. The number of sulfone groups is 1. The molecule has 0 unspecified atom stereocenters. The number of rotatable bonds is 7. The zero-order chi connectivity index (χ0) is 21.6. The predicted molar refractivity (Wildman–Crippen MR) is 111 cm³/mol. The maximum atomic E-state index is 13.1. The monoisotopic (exact) mass is 423 g/mol. The van der Waals surface area contributed by atoms with Gasteiger partial charge in [-0.2, -0.15) is 5.26 Å². The third-order valence-electron chi connectivity index (χ3n) is 4.25. The van der Waals surface area contributed by atoms with Crippen molar-refractivity contribution in [1.82, 2.24) is 0 Å². The quantitative estimate of drug-likeness (QED) is 0.405. The second-order valence-electron chi connectivity index (χ2n) is 6.26. The molecule has 0 bridgehead atoms. The molecule has 0 atom stereocenters. The molecule has 0 saturated carbocycles. The van der Waals surface area contributed by atoms with Gasteiger partial charge in [0.15, 0.2) is 11.5 Å². The van der Waals surface area contributed by atoms with Crippen LogP contribution in [-0.4, -0.2) is 15.5 Å². The molecule has 0 aliphatic carbocycles. The van der Waals surface area contributed by atoms with Gasteiger partial charge in [-0.3, -0.25) is 0 Å². The summed E-state index contributed by atoms with van der Waals surface area (Å²) in [4.78, 5) is -0.626. The Morgan fingerprint density at radius 1 is 1.03 bits per heavy atom. The Morgan fingerprint density at radius 3 is 2.37 bits per heavy atom. The first-order valence-electron chi connectivity index (χ1n) is 8.91. The second kappa shape index (κ2) is 9.25. The van der Waals surface area contributed by atoms with Crippen molar-refractivity contribution in [3.05, 3.63) is 94.6 Å². The van der Waals surface area contributed by atoms with E-state index < -0.39 is 20.6 Å². The summed E-state index contributed by atoms with van der Waals surface area (Å²) in [7, 11) is -2.59. The van der Waals surface area contributed by atoms with Gasteiger partial charge < -0.3 is 9.47 Å². The average Bonchev–Trinajstić information content (AvgIpc) is 2.77. The van der Waals surface area contributed by atoms with Crippen molar-refractivity contribution in [2.45, 2.75) is 11.5 Å². The normalized spacial score (nSPS) is 11.6. The fraction of sp³-hybridized carbons (Fsp3) is 0.0870. The smallest absolute Gasteiger partial charge is 0.216 e. The van der Waals surface area contributed by atoms with E-state index in [0.29, 0.717) is 23.7 Å². The highest BCUT2D eigenvalue weighted by molar-refractivity contribution is 7.95. The van der Waals surface area contributed by atoms with Crippen molar-refractivity contribution < 1.29 is 22.3 Å². The van der Waals surface area contributed by atoms with E-state index >= 15 is 0 Å². The molecule has 0 spiro atoms. The topological polar surface area (TPSA) is 76.4 Å². The van der Waals surface area contributed by atoms with Crippen LogP contribution in [0.3, 0.4) is 0 Å². The van der Waals surface area contributed by atoms with Crippen LogP contribution in [0.1, 0.15) is 11.1 Å². The molecule has 5 nitrogen and oxygen atoms in total. The fourth-order valence-electron chi connectivity index (χ4n) is 2.69. The molecule has 0 saturated heterocycles. The number of halogens is 1. The van der Waals surface area contributed by atoms with Crippen LogP contribution >= 0.6 is 0 Å². The summed E-state index contributed by atoms with van der Waals surface area (Å²) in [5.41, 5.74) is 1.40. The summed E-state index contributed by atoms with van der Waals surface area (Å²) in [6.07, 6.45) is 1.24. The Kier molecular flexibility index (Phi) is 6.50. The van der Waals surface area contributed by atoms with E-state index in [1.54, 1.807) is 24.3 Å². The maximum absolute atomic E-state index is 13.1. The van der Waals surface area contributed by atoms with E-state index in [-0.39, 0.29) is 4.90 Å². The minimum atomic E-state index is -4.09. The lowest BCUT2D eigenvalue weighted by molar-refractivity contribution is 0.284. The molecule has 0 heterocycles. The molecule has 0 amide bonds. The average molecular weight is 423 g/mol. The molecular formula is C23H18FNO4S. The van der Waals surface area contributed by atoms with Crippen molar-refractivity contribution in [2.24, 2.45) is 0 Å². The van der Waals surface area contributed by atoms with E-state index in [2.05, 4.69) is 0 Å². The van der Waals surface area contributed by atoms with Crippen LogP contribution in [0.25, 0.3) is 6.08 Å².